The van der Waals surface area contributed by atoms with Crippen LogP contribution in [0.15, 0.2) is 23.1 Å². The molecule has 1 aromatic heterocycles. The Kier molecular flexibility index (Phi) is 4.15. The van der Waals surface area contributed by atoms with Gasteiger partial charge < -0.3 is 4.57 Å². The molecule has 2 aliphatic heterocycles. The van der Waals surface area contributed by atoms with Gasteiger partial charge in [0.25, 0.3) is 0 Å². The van der Waals surface area contributed by atoms with Crippen LogP contribution in [-0.2, 0) is 23.0 Å². The lowest BCUT2D eigenvalue weighted by Crippen LogP contribution is -2.42. The minimum atomic E-state index is -3.68. The van der Waals surface area contributed by atoms with E-state index in [2.05, 4.69) is 28.6 Å². The minimum Gasteiger partial charge on any atom is -0.313 e. The lowest BCUT2D eigenvalue weighted by Gasteiger charge is -2.27. The van der Waals surface area contributed by atoms with Crippen molar-refractivity contribution < 1.29 is 12.8 Å². The number of benzene rings is 1. The van der Waals surface area contributed by atoms with E-state index in [1.807, 2.05) is 0 Å². The van der Waals surface area contributed by atoms with Crippen LogP contribution in [0.2, 0.25) is 0 Å². The molecule has 0 amide bonds. The summed E-state index contributed by atoms with van der Waals surface area (Å²) in [5.41, 5.74) is 0.340. The van der Waals surface area contributed by atoms with Gasteiger partial charge in [-0.25, -0.2) is 12.8 Å². The Morgan fingerprint density at radius 3 is 2.62 bits per heavy atom. The van der Waals surface area contributed by atoms with E-state index in [1.165, 1.54) is 18.2 Å². The van der Waals surface area contributed by atoms with Crippen LogP contribution in [0.1, 0.15) is 49.8 Å². The molecule has 0 unspecified atom stereocenters. The smallest absolute Gasteiger partial charge is 0.243 e. The maximum absolute atomic E-state index is 13.6. The third-order valence-corrected chi connectivity index (χ3v) is 7.44. The van der Waals surface area contributed by atoms with Gasteiger partial charge in [-0.15, -0.1) is 10.2 Å². The van der Waals surface area contributed by atoms with Crippen LogP contribution in [0.3, 0.4) is 0 Å². The Bertz CT molecular complexity index is 954. The van der Waals surface area contributed by atoms with E-state index in [-0.39, 0.29) is 22.9 Å². The number of nitrogens with zero attached hydrogens (tertiary/aromatic N) is 4. The second-order valence-corrected chi connectivity index (χ2v) is 9.42. The van der Waals surface area contributed by atoms with Crippen LogP contribution in [0.4, 0.5) is 4.39 Å². The Balaban J connectivity index is 1.73. The molecular formula is C18H23FN4O2S. The quantitative estimate of drug-likeness (QED) is 0.823. The molecular weight excluding hydrogens is 355 g/mol. The fourth-order valence-electron chi connectivity index (χ4n) is 4.14. The SMILES string of the molecule is Cc1cc(S(=O)(=O)N2[C@@H]3CC[C@H]2Cc2nnc(C(C)C)n2C3)ccc1F. The average Bonchev–Trinajstić information content (AvgIpc) is 3.10. The van der Waals surface area contributed by atoms with Gasteiger partial charge >= 0.3 is 0 Å². The van der Waals surface area contributed by atoms with Crippen molar-refractivity contribution in [3.05, 3.63) is 41.2 Å². The van der Waals surface area contributed by atoms with Crippen molar-refractivity contribution in [1.82, 2.24) is 19.1 Å². The summed E-state index contributed by atoms with van der Waals surface area (Å²) in [4.78, 5) is 0.162. The largest absolute Gasteiger partial charge is 0.313 e. The van der Waals surface area contributed by atoms with Crippen LogP contribution in [0.25, 0.3) is 0 Å². The van der Waals surface area contributed by atoms with Gasteiger partial charge in [-0.05, 0) is 43.5 Å². The standard InChI is InChI=1S/C18H23FN4O2S/c1-11(2)18-21-20-17-9-13-4-5-14(10-22(17)18)23(13)26(24,25)15-6-7-16(19)12(3)8-15/h6-8,11,13-14H,4-5,9-10H2,1-3H3/t13-,14+/m0/s1. The Hall–Kier alpha value is -1.80. The Morgan fingerprint density at radius 1 is 1.19 bits per heavy atom. The zero-order chi connectivity index (χ0) is 18.6. The number of hydrogen-bond donors (Lipinski definition) is 0. The molecule has 1 aromatic carbocycles. The van der Waals surface area contributed by atoms with Crippen molar-refractivity contribution in [3.8, 4) is 0 Å². The molecule has 26 heavy (non-hydrogen) atoms. The Labute approximate surface area is 153 Å². The molecule has 0 aliphatic carbocycles. The molecule has 8 heteroatoms. The highest BCUT2D eigenvalue weighted by atomic mass is 32.2. The van der Waals surface area contributed by atoms with E-state index in [4.69, 9.17) is 0 Å². The molecule has 3 heterocycles. The molecule has 2 atom stereocenters. The van der Waals surface area contributed by atoms with Crippen molar-refractivity contribution in [2.45, 2.75) is 69.5 Å². The minimum absolute atomic E-state index is 0.120. The van der Waals surface area contributed by atoms with E-state index in [0.29, 0.717) is 18.5 Å². The lowest BCUT2D eigenvalue weighted by atomic mass is 10.1. The van der Waals surface area contributed by atoms with Gasteiger partial charge in [0, 0.05) is 31.0 Å². The number of rotatable bonds is 3. The molecule has 4 rings (SSSR count). The van der Waals surface area contributed by atoms with Crippen molar-refractivity contribution in [3.63, 3.8) is 0 Å². The van der Waals surface area contributed by atoms with Gasteiger partial charge in [0.15, 0.2) is 0 Å². The molecule has 2 aliphatic rings. The third-order valence-electron chi connectivity index (χ3n) is 5.44. The molecule has 2 aromatic rings. The normalized spacial score (nSPS) is 23.3. The highest BCUT2D eigenvalue weighted by molar-refractivity contribution is 7.89. The van der Waals surface area contributed by atoms with Gasteiger partial charge in [-0.3, -0.25) is 0 Å². The number of halogens is 1. The topological polar surface area (TPSA) is 68.1 Å². The van der Waals surface area contributed by atoms with Gasteiger partial charge in [-0.1, -0.05) is 13.8 Å². The van der Waals surface area contributed by atoms with Crippen molar-refractivity contribution in [2.75, 3.05) is 0 Å². The van der Waals surface area contributed by atoms with Crippen LogP contribution >= 0.6 is 0 Å². The number of hydrogen-bond acceptors (Lipinski definition) is 4. The van der Waals surface area contributed by atoms with Crippen molar-refractivity contribution in [2.24, 2.45) is 0 Å². The summed E-state index contributed by atoms with van der Waals surface area (Å²) in [6.45, 7) is 6.29. The van der Waals surface area contributed by atoms with E-state index in [0.717, 1.165) is 24.5 Å². The van der Waals surface area contributed by atoms with Gasteiger partial charge in [-0.2, -0.15) is 4.31 Å². The Morgan fingerprint density at radius 2 is 1.92 bits per heavy atom. The summed E-state index contributed by atoms with van der Waals surface area (Å²) in [7, 11) is -3.68. The second-order valence-electron chi connectivity index (χ2n) is 7.57. The summed E-state index contributed by atoms with van der Waals surface area (Å²) in [6.07, 6.45) is 2.20. The molecule has 6 nitrogen and oxygen atoms in total. The van der Waals surface area contributed by atoms with E-state index < -0.39 is 15.8 Å². The van der Waals surface area contributed by atoms with Gasteiger partial charge in [0.1, 0.15) is 17.5 Å². The highest BCUT2D eigenvalue weighted by Crippen LogP contribution is 2.37. The molecule has 0 spiro atoms. The molecule has 1 saturated heterocycles. The molecule has 0 N–H and O–H groups in total. The van der Waals surface area contributed by atoms with Crippen LogP contribution in [0.5, 0.6) is 0 Å². The first kappa shape index (κ1) is 17.6. The van der Waals surface area contributed by atoms with Crippen molar-refractivity contribution >= 4 is 10.0 Å². The molecule has 1 fully saturated rings. The highest BCUT2D eigenvalue weighted by Gasteiger charge is 2.45. The summed E-state index contributed by atoms with van der Waals surface area (Å²) in [5.74, 6) is 1.60. The second kappa shape index (κ2) is 6.13. The van der Waals surface area contributed by atoms with E-state index >= 15 is 0 Å². The first-order valence-corrected chi connectivity index (χ1v) is 10.4. The van der Waals surface area contributed by atoms with Crippen LogP contribution in [-0.4, -0.2) is 39.6 Å². The number of fused-ring (bicyclic) bond motifs is 3. The first-order valence-electron chi connectivity index (χ1n) is 9.00. The third kappa shape index (κ3) is 2.66. The predicted octanol–water partition coefficient (Wildman–Crippen LogP) is 2.63. The number of aryl methyl sites for hydroxylation is 1. The summed E-state index contributed by atoms with van der Waals surface area (Å²) in [5, 5.41) is 8.62. The average molecular weight is 378 g/mol. The summed E-state index contributed by atoms with van der Waals surface area (Å²) >= 11 is 0. The maximum atomic E-state index is 13.6. The zero-order valence-electron chi connectivity index (χ0n) is 15.2. The lowest BCUT2D eigenvalue weighted by molar-refractivity contribution is 0.313. The summed E-state index contributed by atoms with van der Waals surface area (Å²) < 4.78 is 43.9. The number of sulfonamides is 1. The van der Waals surface area contributed by atoms with Crippen LogP contribution in [0, 0.1) is 12.7 Å². The predicted molar refractivity (Wildman–Crippen MR) is 94.8 cm³/mol. The molecule has 0 radical (unpaired) electrons. The molecule has 2 bridgehead atoms. The van der Waals surface area contributed by atoms with E-state index in [1.54, 1.807) is 11.2 Å². The zero-order valence-corrected chi connectivity index (χ0v) is 16.0. The van der Waals surface area contributed by atoms with Gasteiger partial charge in [0.05, 0.1) is 4.90 Å². The summed E-state index contributed by atoms with van der Waals surface area (Å²) in [6, 6.07) is 3.77. The number of aromatic nitrogens is 3. The molecule has 0 saturated carbocycles. The monoisotopic (exact) mass is 378 g/mol. The van der Waals surface area contributed by atoms with Crippen molar-refractivity contribution in [1.29, 1.82) is 0 Å². The first-order chi connectivity index (χ1) is 12.3. The fraction of sp³-hybridized carbons (Fsp3) is 0.556. The van der Waals surface area contributed by atoms with Gasteiger partial charge in [0.2, 0.25) is 10.0 Å². The molecule has 140 valence electrons. The fourth-order valence-corrected chi connectivity index (χ4v) is 6.09. The maximum Gasteiger partial charge on any atom is 0.243 e. The van der Waals surface area contributed by atoms with E-state index in [9.17, 15) is 12.8 Å². The van der Waals surface area contributed by atoms with Crippen LogP contribution < -0.4 is 0 Å².